The Morgan fingerprint density at radius 3 is 2.33 bits per heavy atom. The Morgan fingerprint density at radius 2 is 1.75 bits per heavy atom. The van der Waals surface area contributed by atoms with E-state index in [9.17, 15) is 18.3 Å². The Morgan fingerprint density at radius 1 is 1.12 bits per heavy atom. The molecule has 0 fully saturated rings. The van der Waals surface area contributed by atoms with Crippen molar-refractivity contribution in [1.82, 2.24) is 4.72 Å². The maximum Gasteiger partial charge on any atom is 0.317 e. The first kappa shape index (κ1) is 18.5. The third-order valence-electron chi connectivity index (χ3n) is 3.33. The standard InChI is InChI=1S/C17H19NO4S2/c1-13-7-9-15(10-8-13)24(21,22)18-12-11-16(17(19)20)23-14-5-3-2-4-6-14/h2-10,16,18H,11-12H2,1H3,(H,19,20). The third kappa shape index (κ3) is 5.36. The predicted octanol–water partition coefficient (Wildman–Crippen LogP) is 2.91. The topological polar surface area (TPSA) is 83.5 Å². The van der Waals surface area contributed by atoms with Gasteiger partial charge in [0, 0.05) is 11.4 Å². The molecule has 0 saturated heterocycles. The van der Waals surface area contributed by atoms with Gasteiger partial charge in [-0.1, -0.05) is 35.9 Å². The van der Waals surface area contributed by atoms with Gasteiger partial charge in [0.15, 0.2) is 0 Å². The SMILES string of the molecule is Cc1ccc(S(=O)(=O)NCCC(Sc2ccccc2)C(=O)O)cc1. The fraction of sp³-hybridized carbons (Fsp3) is 0.235. The first-order valence-corrected chi connectivity index (χ1v) is 9.75. The first-order chi connectivity index (χ1) is 11.4. The van der Waals surface area contributed by atoms with E-state index in [1.54, 1.807) is 12.1 Å². The van der Waals surface area contributed by atoms with Crippen LogP contribution in [0.5, 0.6) is 0 Å². The van der Waals surface area contributed by atoms with E-state index in [4.69, 9.17) is 0 Å². The molecule has 5 nitrogen and oxygen atoms in total. The summed E-state index contributed by atoms with van der Waals surface area (Å²) < 4.78 is 26.8. The van der Waals surface area contributed by atoms with Crippen molar-refractivity contribution in [1.29, 1.82) is 0 Å². The van der Waals surface area contributed by atoms with Crippen LogP contribution < -0.4 is 4.72 Å². The highest BCUT2D eigenvalue weighted by molar-refractivity contribution is 8.00. The largest absolute Gasteiger partial charge is 0.480 e. The predicted molar refractivity (Wildman–Crippen MR) is 94.7 cm³/mol. The molecule has 2 aromatic carbocycles. The Hall–Kier alpha value is -1.83. The Bertz CT molecular complexity index is 774. The summed E-state index contributed by atoms with van der Waals surface area (Å²) >= 11 is 1.21. The highest BCUT2D eigenvalue weighted by Gasteiger charge is 2.20. The van der Waals surface area contributed by atoms with Crippen molar-refractivity contribution < 1.29 is 18.3 Å². The Balaban J connectivity index is 1.95. The average molecular weight is 365 g/mol. The molecule has 0 bridgehead atoms. The maximum absolute atomic E-state index is 12.2. The van der Waals surface area contributed by atoms with Crippen molar-refractivity contribution in [2.24, 2.45) is 0 Å². The number of thioether (sulfide) groups is 1. The molecule has 0 aliphatic heterocycles. The molecule has 0 amide bonds. The highest BCUT2D eigenvalue weighted by Crippen LogP contribution is 2.25. The summed E-state index contributed by atoms with van der Waals surface area (Å²) in [7, 11) is -3.62. The van der Waals surface area contributed by atoms with Crippen molar-refractivity contribution in [2.75, 3.05) is 6.54 Å². The quantitative estimate of drug-likeness (QED) is 0.703. The fourth-order valence-electron chi connectivity index (χ4n) is 2.02. The summed E-state index contributed by atoms with van der Waals surface area (Å²) in [4.78, 5) is 12.4. The molecule has 1 unspecified atom stereocenters. The van der Waals surface area contributed by atoms with Gasteiger partial charge in [-0.25, -0.2) is 13.1 Å². The minimum Gasteiger partial charge on any atom is -0.480 e. The van der Waals surface area contributed by atoms with Crippen LogP contribution in [0, 0.1) is 6.92 Å². The van der Waals surface area contributed by atoms with Crippen molar-refractivity contribution in [3.8, 4) is 0 Å². The number of benzene rings is 2. The molecule has 0 aromatic heterocycles. The van der Waals surface area contributed by atoms with Crippen LogP contribution in [0.15, 0.2) is 64.4 Å². The van der Waals surface area contributed by atoms with E-state index in [2.05, 4.69) is 4.72 Å². The lowest BCUT2D eigenvalue weighted by molar-refractivity contribution is -0.136. The van der Waals surface area contributed by atoms with Crippen LogP contribution in [0.4, 0.5) is 0 Å². The summed E-state index contributed by atoms with van der Waals surface area (Å²) in [6, 6.07) is 15.7. The summed E-state index contributed by atoms with van der Waals surface area (Å²) in [5.74, 6) is -0.960. The molecule has 0 aliphatic rings. The van der Waals surface area contributed by atoms with Crippen LogP contribution >= 0.6 is 11.8 Å². The zero-order valence-corrected chi connectivity index (χ0v) is 14.8. The highest BCUT2D eigenvalue weighted by atomic mass is 32.2. The molecule has 0 saturated carbocycles. The van der Waals surface area contributed by atoms with Crippen LogP contribution in [0.3, 0.4) is 0 Å². The lowest BCUT2D eigenvalue weighted by Crippen LogP contribution is -2.29. The van der Waals surface area contributed by atoms with Gasteiger partial charge < -0.3 is 5.11 Å². The van der Waals surface area contributed by atoms with Gasteiger partial charge in [0.05, 0.1) is 4.90 Å². The number of sulfonamides is 1. The van der Waals surface area contributed by atoms with Gasteiger partial charge in [0.25, 0.3) is 0 Å². The normalized spacial score (nSPS) is 12.7. The molecule has 0 heterocycles. The molecule has 2 N–H and O–H groups in total. The van der Waals surface area contributed by atoms with Crippen molar-refractivity contribution >= 4 is 27.8 Å². The number of nitrogens with one attached hydrogen (secondary N) is 1. The van der Waals surface area contributed by atoms with Gasteiger partial charge >= 0.3 is 5.97 Å². The molecule has 0 spiro atoms. The number of carboxylic acids is 1. The number of hydrogen-bond donors (Lipinski definition) is 2. The molecule has 24 heavy (non-hydrogen) atoms. The van der Waals surface area contributed by atoms with Gasteiger partial charge in [-0.05, 0) is 37.6 Å². The van der Waals surface area contributed by atoms with Crippen molar-refractivity contribution in [2.45, 2.75) is 28.4 Å². The first-order valence-electron chi connectivity index (χ1n) is 7.39. The number of hydrogen-bond acceptors (Lipinski definition) is 4. The number of carboxylic acid groups (broad SMARTS) is 1. The van der Waals surface area contributed by atoms with Crippen LogP contribution in [0.1, 0.15) is 12.0 Å². The van der Waals surface area contributed by atoms with E-state index < -0.39 is 21.2 Å². The molecule has 2 rings (SSSR count). The number of carbonyl (C=O) groups is 1. The van der Waals surface area contributed by atoms with Crippen LogP contribution in [0.2, 0.25) is 0 Å². The van der Waals surface area contributed by atoms with Crippen molar-refractivity contribution in [3.63, 3.8) is 0 Å². The van der Waals surface area contributed by atoms with Crippen LogP contribution in [0.25, 0.3) is 0 Å². The molecule has 0 radical (unpaired) electrons. The zero-order chi connectivity index (χ0) is 17.6. The monoisotopic (exact) mass is 365 g/mol. The Labute approximate surface area is 146 Å². The summed E-state index contributed by atoms with van der Waals surface area (Å²) in [6.07, 6.45) is 0.194. The summed E-state index contributed by atoms with van der Waals surface area (Å²) in [6.45, 7) is 1.94. The molecular formula is C17H19NO4S2. The molecular weight excluding hydrogens is 346 g/mol. The number of aliphatic carboxylic acids is 1. The molecule has 7 heteroatoms. The zero-order valence-electron chi connectivity index (χ0n) is 13.2. The average Bonchev–Trinajstić information content (AvgIpc) is 2.55. The maximum atomic E-state index is 12.2. The second kappa shape index (κ2) is 8.32. The molecule has 0 aliphatic carbocycles. The van der Waals surface area contributed by atoms with E-state index in [0.717, 1.165) is 10.5 Å². The minimum atomic E-state index is -3.62. The second-order valence-corrected chi connectivity index (χ2v) is 8.30. The van der Waals surface area contributed by atoms with Crippen LogP contribution in [-0.4, -0.2) is 31.3 Å². The van der Waals surface area contributed by atoms with Crippen LogP contribution in [-0.2, 0) is 14.8 Å². The van der Waals surface area contributed by atoms with Gasteiger partial charge in [-0.2, -0.15) is 0 Å². The lowest BCUT2D eigenvalue weighted by Gasteiger charge is -2.13. The van der Waals surface area contributed by atoms with E-state index in [-0.39, 0.29) is 17.9 Å². The minimum absolute atomic E-state index is 0.0625. The lowest BCUT2D eigenvalue weighted by atomic mass is 10.2. The number of aryl methyl sites for hydroxylation is 1. The summed E-state index contributed by atoms with van der Waals surface area (Å²) in [5, 5.41) is 8.60. The molecule has 128 valence electrons. The van der Waals surface area contributed by atoms with E-state index in [0.29, 0.717) is 0 Å². The number of rotatable bonds is 8. The molecule has 2 aromatic rings. The molecule has 1 atom stereocenters. The van der Waals surface area contributed by atoms with E-state index in [1.165, 1.54) is 23.9 Å². The van der Waals surface area contributed by atoms with Crippen molar-refractivity contribution in [3.05, 3.63) is 60.2 Å². The van der Waals surface area contributed by atoms with Gasteiger partial charge in [0.1, 0.15) is 5.25 Å². The van der Waals surface area contributed by atoms with E-state index in [1.807, 2.05) is 37.3 Å². The van der Waals surface area contributed by atoms with Gasteiger partial charge in [-0.3, -0.25) is 4.79 Å². The van der Waals surface area contributed by atoms with E-state index >= 15 is 0 Å². The summed E-state index contributed by atoms with van der Waals surface area (Å²) in [5.41, 5.74) is 0.971. The van der Waals surface area contributed by atoms with Gasteiger partial charge in [0.2, 0.25) is 10.0 Å². The second-order valence-electron chi connectivity index (χ2n) is 5.26. The fourth-order valence-corrected chi connectivity index (χ4v) is 4.05. The third-order valence-corrected chi connectivity index (χ3v) is 6.07. The van der Waals surface area contributed by atoms with Gasteiger partial charge in [-0.15, -0.1) is 11.8 Å². The Kier molecular flexibility index (Phi) is 6.42. The smallest absolute Gasteiger partial charge is 0.317 e.